The summed E-state index contributed by atoms with van der Waals surface area (Å²) in [6.07, 6.45) is 3.21. The molecule has 0 spiro atoms. The maximum Gasteiger partial charge on any atom is 0.321 e. The molecule has 0 fully saturated rings. The van der Waals surface area contributed by atoms with Gasteiger partial charge in [-0.25, -0.2) is 9.48 Å². The zero-order valence-corrected chi connectivity index (χ0v) is 14.5. The van der Waals surface area contributed by atoms with E-state index in [9.17, 15) is 9.59 Å². The third kappa shape index (κ3) is 4.26. The van der Waals surface area contributed by atoms with Crippen molar-refractivity contribution in [3.05, 3.63) is 41.7 Å². The summed E-state index contributed by atoms with van der Waals surface area (Å²) in [5.41, 5.74) is 1.26. The van der Waals surface area contributed by atoms with Gasteiger partial charge in [-0.05, 0) is 12.1 Å². The summed E-state index contributed by atoms with van der Waals surface area (Å²) in [5, 5.41) is 10.1. The van der Waals surface area contributed by atoms with Crippen molar-refractivity contribution in [3.8, 4) is 5.69 Å². The molecular weight excluding hydrogens is 330 g/mol. The fourth-order valence-electron chi connectivity index (χ4n) is 2.20. The van der Waals surface area contributed by atoms with E-state index in [1.54, 1.807) is 38.0 Å². The van der Waals surface area contributed by atoms with Crippen LogP contribution in [-0.2, 0) is 4.79 Å². The molecule has 24 heavy (non-hydrogen) atoms. The first-order chi connectivity index (χ1) is 11.4. The lowest BCUT2D eigenvalue weighted by atomic mass is 10.1. The molecule has 1 aromatic heterocycles. The number of benzene rings is 1. The van der Waals surface area contributed by atoms with Crippen LogP contribution in [0.5, 0.6) is 0 Å². The molecule has 3 amide bonds. The first kappa shape index (κ1) is 17.8. The number of para-hydroxylation sites is 1. The summed E-state index contributed by atoms with van der Waals surface area (Å²) in [7, 11) is 3.20. The van der Waals surface area contributed by atoms with Crippen molar-refractivity contribution >= 4 is 29.2 Å². The fraction of sp³-hybridized carbons (Fsp3) is 0.312. The minimum absolute atomic E-state index is 0.110. The number of urea groups is 1. The molecule has 0 unspecified atom stereocenters. The molecule has 2 rings (SSSR count). The predicted octanol–water partition coefficient (Wildman–Crippen LogP) is 2.37. The Balaban J connectivity index is 2.00. The number of amides is 3. The third-order valence-electron chi connectivity index (χ3n) is 3.52. The molecule has 0 radical (unpaired) electrons. The lowest BCUT2D eigenvalue weighted by Gasteiger charge is -2.20. The van der Waals surface area contributed by atoms with Crippen LogP contribution < -0.4 is 10.6 Å². The topological polar surface area (TPSA) is 79.3 Å². The molecule has 128 valence electrons. The molecule has 0 saturated heterocycles. The van der Waals surface area contributed by atoms with E-state index < -0.39 is 0 Å². The summed E-state index contributed by atoms with van der Waals surface area (Å²) in [6.45, 7) is 2.07. The molecule has 2 aromatic rings. The van der Waals surface area contributed by atoms with Crippen molar-refractivity contribution in [3.63, 3.8) is 0 Å². The van der Waals surface area contributed by atoms with Gasteiger partial charge in [0.2, 0.25) is 5.91 Å². The molecule has 1 aromatic carbocycles. The van der Waals surface area contributed by atoms with Crippen LogP contribution in [0, 0.1) is 5.92 Å². The highest BCUT2D eigenvalue weighted by Crippen LogP contribution is 2.20. The number of aromatic nitrogens is 2. The summed E-state index contributed by atoms with van der Waals surface area (Å²) >= 11 is 6.13. The van der Waals surface area contributed by atoms with Crippen LogP contribution in [0.15, 0.2) is 36.7 Å². The van der Waals surface area contributed by atoms with Crippen molar-refractivity contribution in [1.29, 1.82) is 0 Å². The Morgan fingerprint density at radius 3 is 2.75 bits per heavy atom. The third-order valence-corrected chi connectivity index (χ3v) is 3.84. The number of carbonyl (C=O) groups is 2. The van der Waals surface area contributed by atoms with Gasteiger partial charge in [-0.1, -0.05) is 30.7 Å². The van der Waals surface area contributed by atoms with Gasteiger partial charge in [0.25, 0.3) is 0 Å². The lowest BCUT2D eigenvalue weighted by molar-refractivity contribution is -0.124. The summed E-state index contributed by atoms with van der Waals surface area (Å²) in [4.78, 5) is 25.2. The van der Waals surface area contributed by atoms with Gasteiger partial charge in [0.05, 0.1) is 34.7 Å². The highest BCUT2D eigenvalue weighted by atomic mass is 35.5. The SMILES string of the molecule is CNC(=O)[C@H](C)CN(C)C(=O)Nc1cnn(-c2ccccc2Cl)c1. The number of nitrogens with zero attached hydrogens (tertiary/aromatic N) is 3. The Hall–Kier alpha value is -2.54. The molecule has 0 aliphatic rings. The molecule has 1 atom stereocenters. The Bertz CT molecular complexity index is 731. The molecule has 0 saturated carbocycles. The molecule has 7 nitrogen and oxygen atoms in total. The van der Waals surface area contributed by atoms with Crippen LogP contribution in [0.25, 0.3) is 5.69 Å². The summed E-state index contributed by atoms with van der Waals surface area (Å²) in [6, 6.07) is 6.97. The van der Waals surface area contributed by atoms with Crippen molar-refractivity contribution in [1.82, 2.24) is 20.0 Å². The van der Waals surface area contributed by atoms with Gasteiger partial charge in [-0.3, -0.25) is 4.79 Å². The Labute approximate surface area is 145 Å². The predicted molar refractivity (Wildman–Crippen MR) is 93.5 cm³/mol. The minimum Gasteiger partial charge on any atom is -0.359 e. The van der Waals surface area contributed by atoms with E-state index in [-0.39, 0.29) is 17.9 Å². The zero-order chi connectivity index (χ0) is 17.7. The fourth-order valence-corrected chi connectivity index (χ4v) is 2.42. The Morgan fingerprint density at radius 2 is 2.08 bits per heavy atom. The van der Waals surface area contributed by atoms with E-state index in [0.717, 1.165) is 5.69 Å². The summed E-state index contributed by atoms with van der Waals surface area (Å²) in [5.74, 6) is -0.405. The van der Waals surface area contributed by atoms with Gasteiger partial charge in [0.15, 0.2) is 0 Å². The molecule has 0 aliphatic heterocycles. The number of hydrogen-bond donors (Lipinski definition) is 2. The monoisotopic (exact) mass is 349 g/mol. The highest BCUT2D eigenvalue weighted by molar-refractivity contribution is 6.32. The van der Waals surface area contributed by atoms with Gasteiger partial charge < -0.3 is 15.5 Å². The van der Waals surface area contributed by atoms with Crippen molar-refractivity contribution in [2.45, 2.75) is 6.92 Å². The second-order valence-electron chi connectivity index (χ2n) is 5.45. The van der Waals surface area contributed by atoms with Gasteiger partial charge in [0, 0.05) is 20.6 Å². The molecule has 2 N–H and O–H groups in total. The Kier molecular flexibility index (Phi) is 5.81. The van der Waals surface area contributed by atoms with E-state index in [0.29, 0.717) is 17.3 Å². The van der Waals surface area contributed by atoms with Crippen LogP contribution in [0.2, 0.25) is 5.02 Å². The lowest BCUT2D eigenvalue weighted by Crippen LogP contribution is -2.39. The number of nitrogens with one attached hydrogen (secondary N) is 2. The average molecular weight is 350 g/mol. The highest BCUT2D eigenvalue weighted by Gasteiger charge is 2.17. The quantitative estimate of drug-likeness (QED) is 0.869. The van der Waals surface area contributed by atoms with Crippen molar-refractivity contribution in [2.24, 2.45) is 5.92 Å². The van der Waals surface area contributed by atoms with Crippen molar-refractivity contribution < 1.29 is 9.59 Å². The van der Waals surface area contributed by atoms with Gasteiger partial charge >= 0.3 is 6.03 Å². The van der Waals surface area contributed by atoms with Crippen LogP contribution in [0.3, 0.4) is 0 Å². The van der Waals surface area contributed by atoms with Crippen LogP contribution in [-0.4, -0.2) is 47.3 Å². The first-order valence-electron chi connectivity index (χ1n) is 7.45. The van der Waals surface area contributed by atoms with Crippen LogP contribution in [0.1, 0.15) is 6.92 Å². The van der Waals surface area contributed by atoms with E-state index in [4.69, 9.17) is 11.6 Å². The van der Waals surface area contributed by atoms with Crippen molar-refractivity contribution in [2.75, 3.05) is 26.0 Å². The maximum absolute atomic E-state index is 12.2. The summed E-state index contributed by atoms with van der Waals surface area (Å²) < 4.78 is 1.59. The van der Waals surface area contributed by atoms with Gasteiger partial charge in [-0.15, -0.1) is 0 Å². The number of halogens is 1. The second kappa shape index (κ2) is 7.83. The second-order valence-corrected chi connectivity index (χ2v) is 5.86. The molecular formula is C16H20ClN5O2. The van der Waals surface area contributed by atoms with Gasteiger partial charge in [0.1, 0.15) is 0 Å². The van der Waals surface area contributed by atoms with E-state index in [2.05, 4.69) is 15.7 Å². The van der Waals surface area contributed by atoms with E-state index in [1.165, 1.54) is 11.1 Å². The van der Waals surface area contributed by atoms with Crippen LogP contribution >= 0.6 is 11.6 Å². The van der Waals surface area contributed by atoms with E-state index >= 15 is 0 Å². The smallest absolute Gasteiger partial charge is 0.321 e. The molecule has 0 aliphatic carbocycles. The minimum atomic E-state index is -0.315. The maximum atomic E-state index is 12.2. The van der Waals surface area contributed by atoms with E-state index in [1.807, 2.05) is 18.2 Å². The first-order valence-corrected chi connectivity index (χ1v) is 7.83. The zero-order valence-electron chi connectivity index (χ0n) is 13.8. The number of hydrogen-bond acceptors (Lipinski definition) is 3. The number of carbonyl (C=O) groups excluding carboxylic acids is 2. The molecule has 1 heterocycles. The standard InChI is InChI=1S/C16H20ClN5O2/c1-11(15(23)18-2)9-21(3)16(24)20-12-8-19-22(10-12)14-7-5-4-6-13(14)17/h4-8,10-11H,9H2,1-3H3,(H,18,23)(H,20,24)/t11-/m1/s1. The molecule has 8 heteroatoms. The molecule has 0 bridgehead atoms. The average Bonchev–Trinajstić information content (AvgIpc) is 3.02. The largest absolute Gasteiger partial charge is 0.359 e. The Morgan fingerprint density at radius 1 is 1.38 bits per heavy atom. The van der Waals surface area contributed by atoms with Crippen LogP contribution in [0.4, 0.5) is 10.5 Å². The normalized spacial score (nSPS) is 11.7. The number of rotatable bonds is 5. The number of anilines is 1. The van der Waals surface area contributed by atoms with Gasteiger partial charge in [-0.2, -0.15) is 5.10 Å².